The van der Waals surface area contributed by atoms with E-state index in [2.05, 4.69) is 25.6 Å². The minimum atomic E-state index is -3.52. The predicted octanol–water partition coefficient (Wildman–Crippen LogP) is 1.31. The molecule has 0 bridgehead atoms. The van der Waals surface area contributed by atoms with Crippen molar-refractivity contribution in [3.05, 3.63) is 28.2 Å². The maximum atomic E-state index is 12.2. The highest BCUT2D eigenvalue weighted by Gasteiger charge is 2.26. The Morgan fingerprint density at radius 3 is 2.70 bits per heavy atom. The van der Waals surface area contributed by atoms with Crippen LogP contribution in [0.2, 0.25) is 0 Å². The summed E-state index contributed by atoms with van der Waals surface area (Å²) in [7, 11) is -1.51. The fourth-order valence-corrected chi connectivity index (χ4v) is 4.14. The van der Waals surface area contributed by atoms with E-state index < -0.39 is 10.0 Å². The Labute approximate surface area is 128 Å². The third kappa shape index (κ3) is 4.02. The van der Waals surface area contributed by atoms with Crippen molar-refractivity contribution in [2.45, 2.75) is 30.4 Å². The zero-order valence-electron chi connectivity index (χ0n) is 11.3. The van der Waals surface area contributed by atoms with Crippen LogP contribution in [-0.4, -0.2) is 44.6 Å². The van der Waals surface area contributed by atoms with E-state index in [0.29, 0.717) is 29.2 Å². The summed E-state index contributed by atoms with van der Waals surface area (Å²) >= 11 is 3.24. The second-order valence-electron chi connectivity index (χ2n) is 5.03. The molecule has 112 valence electrons. The van der Waals surface area contributed by atoms with Crippen LogP contribution >= 0.6 is 15.9 Å². The van der Waals surface area contributed by atoms with Gasteiger partial charge in [0.15, 0.2) is 0 Å². The SMILES string of the molecule is CN(CCNS(=O)(=O)c1ccc(CO)cc1Br)C1CC1. The van der Waals surface area contributed by atoms with Crippen LogP contribution in [0.5, 0.6) is 0 Å². The summed E-state index contributed by atoms with van der Waals surface area (Å²) in [5.74, 6) is 0. The quantitative estimate of drug-likeness (QED) is 0.767. The van der Waals surface area contributed by atoms with Gasteiger partial charge in [-0.2, -0.15) is 0 Å². The molecule has 2 rings (SSSR count). The number of benzene rings is 1. The number of rotatable bonds is 7. The van der Waals surface area contributed by atoms with Crippen LogP contribution in [0.4, 0.5) is 0 Å². The van der Waals surface area contributed by atoms with Gasteiger partial charge in [0.2, 0.25) is 10.0 Å². The molecule has 20 heavy (non-hydrogen) atoms. The normalized spacial score (nSPS) is 15.8. The molecule has 1 saturated carbocycles. The molecular weight excluding hydrogens is 344 g/mol. The van der Waals surface area contributed by atoms with Crippen molar-refractivity contribution in [3.8, 4) is 0 Å². The summed E-state index contributed by atoms with van der Waals surface area (Å²) in [6.45, 7) is 0.984. The smallest absolute Gasteiger partial charge is 0.241 e. The summed E-state index contributed by atoms with van der Waals surface area (Å²) in [5.41, 5.74) is 0.671. The van der Waals surface area contributed by atoms with Gasteiger partial charge in [-0.3, -0.25) is 0 Å². The number of halogens is 1. The van der Waals surface area contributed by atoms with E-state index in [0.717, 1.165) is 0 Å². The summed E-state index contributed by atoms with van der Waals surface area (Å²) in [5, 5.41) is 9.02. The highest BCUT2D eigenvalue weighted by molar-refractivity contribution is 9.10. The van der Waals surface area contributed by atoms with Gasteiger partial charge in [-0.15, -0.1) is 0 Å². The zero-order valence-corrected chi connectivity index (χ0v) is 13.7. The van der Waals surface area contributed by atoms with E-state index in [4.69, 9.17) is 5.11 Å². The molecule has 7 heteroatoms. The maximum absolute atomic E-state index is 12.2. The lowest BCUT2D eigenvalue weighted by Crippen LogP contribution is -2.34. The molecule has 0 radical (unpaired) electrons. The first-order chi connectivity index (χ1) is 9.44. The van der Waals surface area contributed by atoms with Gasteiger partial charge in [-0.05, 0) is 53.5 Å². The molecule has 1 aromatic carbocycles. The van der Waals surface area contributed by atoms with Crippen molar-refractivity contribution in [1.82, 2.24) is 9.62 Å². The number of nitrogens with one attached hydrogen (secondary N) is 1. The third-order valence-electron chi connectivity index (χ3n) is 3.40. The van der Waals surface area contributed by atoms with E-state index in [1.54, 1.807) is 12.1 Å². The lowest BCUT2D eigenvalue weighted by molar-refractivity contribution is 0.281. The average Bonchev–Trinajstić information content (AvgIpc) is 3.22. The van der Waals surface area contributed by atoms with E-state index >= 15 is 0 Å². The van der Waals surface area contributed by atoms with Gasteiger partial charge in [-0.25, -0.2) is 13.1 Å². The Bertz CT molecular complexity index is 573. The molecule has 1 aliphatic carbocycles. The van der Waals surface area contributed by atoms with Crippen LogP contribution in [0.3, 0.4) is 0 Å². The summed E-state index contributed by atoms with van der Waals surface area (Å²) in [4.78, 5) is 2.37. The van der Waals surface area contributed by atoms with Gasteiger partial charge in [0.05, 0.1) is 11.5 Å². The Balaban J connectivity index is 1.98. The van der Waals surface area contributed by atoms with Gasteiger partial charge in [0.1, 0.15) is 0 Å². The fraction of sp³-hybridized carbons (Fsp3) is 0.538. The first-order valence-corrected chi connectivity index (χ1v) is 8.81. The van der Waals surface area contributed by atoms with Gasteiger partial charge in [0.25, 0.3) is 0 Å². The highest BCUT2D eigenvalue weighted by atomic mass is 79.9. The van der Waals surface area contributed by atoms with Crippen molar-refractivity contribution < 1.29 is 13.5 Å². The number of aliphatic hydroxyl groups is 1. The molecular formula is C13H19BrN2O3S. The van der Waals surface area contributed by atoms with Crippen LogP contribution in [0.1, 0.15) is 18.4 Å². The largest absolute Gasteiger partial charge is 0.392 e. The van der Waals surface area contributed by atoms with Crippen molar-refractivity contribution in [1.29, 1.82) is 0 Å². The first-order valence-electron chi connectivity index (χ1n) is 6.53. The third-order valence-corrected chi connectivity index (χ3v) is 5.83. The maximum Gasteiger partial charge on any atom is 0.241 e. The molecule has 0 atom stereocenters. The van der Waals surface area contributed by atoms with Crippen LogP contribution in [0, 0.1) is 0 Å². The first kappa shape index (κ1) is 15.9. The number of nitrogens with zero attached hydrogens (tertiary/aromatic N) is 1. The average molecular weight is 363 g/mol. The van der Waals surface area contributed by atoms with Gasteiger partial charge < -0.3 is 10.0 Å². The van der Waals surface area contributed by atoms with Crippen LogP contribution in [0.25, 0.3) is 0 Å². The zero-order chi connectivity index (χ0) is 14.8. The Kier molecular flexibility index (Phi) is 5.19. The van der Waals surface area contributed by atoms with Gasteiger partial charge in [0, 0.05) is 23.6 Å². The highest BCUT2D eigenvalue weighted by Crippen LogP contribution is 2.25. The molecule has 0 amide bonds. The minimum absolute atomic E-state index is 0.113. The molecule has 0 saturated heterocycles. The van der Waals surface area contributed by atoms with E-state index in [-0.39, 0.29) is 11.5 Å². The molecule has 1 aromatic rings. The number of aliphatic hydroxyl groups excluding tert-OH is 1. The van der Waals surface area contributed by atoms with Crippen molar-refractivity contribution in [2.75, 3.05) is 20.1 Å². The van der Waals surface area contributed by atoms with Gasteiger partial charge in [-0.1, -0.05) is 6.07 Å². The molecule has 0 aromatic heterocycles. The molecule has 1 aliphatic rings. The van der Waals surface area contributed by atoms with Crippen molar-refractivity contribution in [2.24, 2.45) is 0 Å². The molecule has 0 spiro atoms. The lowest BCUT2D eigenvalue weighted by atomic mass is 10.2. The summed E-state index contributed by atoms with van der Waals surface area (Å²) < 4.78 is 27.5. The number of hydrogen-bond donors (Lipinski definition) is 2. The molecule has 5 nitrogen and oxygen atoms in total. The number of likely N-dealkylation sites (N-methyl/N-ethyl adjacent to an activating group) is 1. The Morgan fingerprint density at radius 1 is 1.45 bits per heavy atom. The second-order valence-corrected chi connectivity index (χ2v) is 7.62. The molecule has 0 unspecified atom stereocenters. The second kappa shape index (κ2) is 6.53. The standard InChI is InChI=1S/C13H19BrN2O3S/c1-16(11-3-4-11)7-6-15-20(18,19)13-5-2-10(9-17)8-12(13)14/h2,5,8,11,15,17H,3-4,6-7,9H2,1H3. The summed E-state index contributed by atoms with van der Waals surface area (Å²) in [6.07, 6.45) is 2.41. The van der Waals surface area contributed by atoms with Crippen LogP contribution < -0.4 is 4.72 Å². The predicted molar refractivity (Wildman–Crippen MR) is 80.9 cm³/mol. The molecule has 2 N–H and O–H groups in total. The van der Waals surface area contributed by atoms with Crippen molar-refractivity contribution >= 4 is 26.0 Å². The summed E-state index contributed by atoms with van der Waals surface area (Å²) in [6, 6.07) is 5.35. The molecule has 0 aliphatic heterocycles. The van der Waals surface area contributed by atoms with Gasteiger partial charge >= 0.3 is 0 Å². The van der Waals surface area contributed by atoms with Crippen molar-refractivity contribution in [3.63, 3.8) is 0 Å². The topological polar surface area (TPSA) is 69.6 Å². The monoisotopic (exact) mass is 362 g/mol. The Hall–Kier alpha value is -0.470. The van der Waals surface area contributed by atoms with E-state index in [1.165, 1.54) is 18.9 Å². The Morgan fingerprint density at radius 2 is 2.15 bits per heavy atom. The minimum Gasteiger partial charge on any atom is -0.392 e. The van der Waals surface area contributed by atoms with Crippen LogP contribution in [0.15, 0.2) is 27.6 Å². The molecule has 0 heterocycles. The number of sulfonamides is 1. The van der Waals surface area contributed by atoms with Crippen LogP contribution in [-0.2, 0) is 16.6 Å². The van der Waals surface area contributed by atoms with E-state index in [9.17, 15) is 8.42 Å². The molecule has 1 fully saturated rings. The number of hydrogen-bond acceptors (Lipinski definition) is 4. The lowest BCUT2D eigenvalue weighted by Gasteiger charge is -2.16. The van der Waals surface area contributed by atoms with E-state index in [1.807, 2.05) is 7.05 Å². The fourth-order valence-electron chi connectivity index (χ4n) is 1.99.